The third-order valence-electron chi connectivity index (χ3n) is 5.89. The van der Waals surface area contributed by atoms with E-state index < -0.39 is 17.7 Å². The van der Waals surface area contributed by atoms with Crippen LogP contribution < -0.4 is 4.74 Å². The van der Waals surface area contributed by atoms with Crippen LogP contribution in [0.2, 0.25) is 0 Å². The van der Waals surface area contributed by atoms with Crippen molar-refractivity contribution in [2.24, 2.45) is 0 Å². The van der Waals surface area contributed by atoms with Gasteiger partial charge in [0.05, 0.1) is 18.2 Å². The number of methoxy groups -OCH3 is 1. The van der Waals surface area contributed by atoms with Crippen LogP contribution in [0, 0.1) is 6.92 Å². The van der Waals surface area contributed by atoms with Gasteiger partial charge in [0.15, 0.2) is 0 Å². The predicted molar refractivity (Wildman–Crippen MR) is 124 cm³/mol. The number of hydrogen-bond donors (Lipinski definition) is 1. The maximum atomic E-state index is 13.1. The first-order chi connectivity index (χ1) is 15.1. The molecule has 6 nitrogen and oxygen atoms in total. The molecule has 3 rings (SSSR count). The summed E-state index contributed by atoms with van der Waals surface area (Å²) in [6.45, 7) is 10.5. The molecule has 32 heavy (non-hydrogen) atoms. The van der Waals surface area contributed by atoms with E-state index in [1.54, 1.807) is 18.2 Å². The van der Waals surface area contributed by atoms with E-state index >= 15 is 0 Å². The number of carbonyl (C=O) groups is 2. The molecule has 0 bridgehead atoms. The zero-order valence-corrected chi connectivity index (χ0v) is 19.8. The first-order valence-corrected chi connectivity index (χ1v) is 11.1. The molecule has 2 heterocycles. The summed E-state index contributed by atoms with van der Waals surface area (Å²) in [5, 5.41) is 11.4. The summed E-state index contributed by atoms with van der Waals surface area (Å²) in [7, 11) is 1.51. The molecule has 1 saturated heterocycles. The second kappa shape index (κ2) is 9.23. The fraction of sp³-hybridized carbons (Fsp3) is 0.462. The standard InChI is InChI=1S/C26H33NO5/c1-7-8-9-14-27-22(20-12-10-16(2)32-20)21(24(29)25(27)30)23(28)18-15-17(26(3,4)5)11-13-19(18)31-6/h10-13,15,22,28H,7-9,14H2,1-6H3/b23-21+. The van der Waals surface area contributed by atoms with Gasteiger partial charge in [0, 0.05) is 6.54 Å². The van der Waals surface area contributed by atoms with Crippen molar-refractivity contribution < 1.29 is 23.8 Å². The van der Waals surface area contributed by atoms with Crippen molar-refractivity contribution in [2.75, 3.05) is 13.7 Å². The summed E-state index contributed by atoms with van der Waals surface area (Å²) in [6, 6.07) is 8.31. The Bertz CT molecular complexity index is 1040. The number of amides is 1. The summed E-state index contributed by atoms with van der Waals surface area (Å²) in [6.07, 6.45) is 2.70. The quantitative estimate of drug-likeness (QED) is 0.266. The molecule has 1 aromatic carbocycles. The van der Waals surface area contributed by atoms with E-state index in [1.165, 1.54) is 12.0 Å². The molecular weight excluding hydrogens is 406 g/mol. The molecule has 1 aromatic heterocycles. The highest BCUT2D eigenvalue weighted by Crippen LogP contribution is 2.42. The number of ether oxygens (including phenoxy) is 1. The minimum atomic E-state index is -0.774. The molecule has 1 N–H and O–H groups in total. The van der Waals surface area contributed by atoms with Crippen molar-refractivity contribution >= 4 is 17.4 Å². The first-order valence-electron chi connectivity index (χ1n) is 11.1. The number of aryl methyl sites for hydroxylation is 1. The average Bonchev–Trinajstić information content (AvgIpc) is 3.28. The number of carbonyl (C=O) groups excluding carboxylic acids is 2. The van der Waals surface area contributed by atoms with Crippen molar-refractivity contribution in [3.63, 3.8) is 0 Å². The number of nitrogens with zero attached hydrogens (tertiary/aromatic N) is 1. The highest BCUT2D eigenvalue weighted by Gasteiger charge is 2.47. The van der Waals surface area contributed by atoms with Crippen molar-refractivity contribution in [3.05, 3.63) is 58.6 Å². The zero-order chi connectivity index (χ0) is 23.6. The molecule has 6 heteroatoms. The summed E-state index contributed by atoms with van der Waals surface area (Å²) in [4.78, 5) is 27.6. The maximum absolute atomic E-state index is 13.1. The van der Waals surface area contributed by atoms with E-state index in [4.69, 9.17) is 9.15 Å². The number of Topliss-reactive ketones (excluding diaryl/α,β-unsaturated/α-hetero) is 1. The number of likely N-dealkylation sites (tertiary alicyclic amines) is 1. The number of ketones is 1. The van der Waals surface area contributed by atoms with Crippen LogP contribution in [0.1, 0.15) is 75.6 Å². The molecule has 1 atom stereocenters. The van der Waals surface area contributed by atoms with E-state index in [9.17, 15) is 14.7 Å². The van der Waals surface area contributed by atoms with Crippen LogP contribution in [-0.2, 0) is 15.0 Å². The molecule has 1 fully saturated rings. The van der Waals surface area contributed by atoms with Gasteiger partial charge in [-0.1, -0.05) is 46.6 Å². The zero-order valence-electron chi connectivity index (χ0n) is 19.8. The Balaban J connectivity index is 2.20. The molecule has 2 aromatic rings. The molecule has 172 valence electrons. The third-order valence-corrected chi connectivity index (χ3v) is 5.89. The van der Waals surface area contributed by atoms with Crippen LogP contribution in [0.25, 0.3) is 5.76 Å². The second-order valence-corrected chi connectivity index (χ2v) is 9.31. The molecule has 1 unspecified atom stereocenters. The minimum Gasteiger partial charge on any atom is -0.507 e. The Morgan fingerprint density at radius 2 is 1.88 bits per heavy atom. The largest absolute Gasteiger partial charge is 0.507 e. The van der Waals surface area contributed by atoms with Gasteiger partial charge in [-0.2, -0.15) is 0 Å². The lowest BCUT2D eigenvalue weighted by Crippen LogP contribution is -2.30. The van der Waals surface area contributed by atoms with Gasteiger partial charge in [-0.15, -0.1) is 0 Å². The van der Waals surface area contributed by atoms with Gasteiger partial charge in [0.25, 0.3) is 11.7 Å². The predicted octanol–water partition coefficient (Wildman–Crippen LogP) is 5.51. The summed E-state index contributed by atoms with van der Waals surface area (Å²) in [5.74, 6) is -0.00327. The van der Waals surface area contributed by atoms with Crippen LogP contribution >= 0.6 is 0 Å². The molecular formula is C26H33NO5. The number of rotatable bonds is 7. The van der Waals surface area contributed by atoms with Crippen molar-refractivity contribution in [1.29, 1.82) is 0 Å². The summed E-state index contributed by atoms with van der Waals surface area (Å²) in [5.41, 5.74) is 1.22. The number of aliphatic hydroxyl groups excluding tert-OH is 1. The van der Waals surface area contributed by atoms with Crippen molar-refractivity contribution in [3.8, 4) is 5.75 Å². The van der Waals surface area contributed by atoms with E-state index in [-0.39, 0.29) is 16.7 Å². The average molecular weight is 440 g/mol. The van der Waals surface area contributed by atoms with E-state index in [0.29, 0.717) is 29.4 Å². The van der Waals surface area contributed by atoms with Crippen LogP contribution in [0.4, 0.5) is 0 Å². The smallest absolute Gasteiger partial charge is 0.295 e. The lowest BCUT2D eigenvalue weighted by atomic mass is 9.85. The Hall–Kier alpha value is -3.02. The molecule has 1 amide bonds. The Morgan fingerprint density at radius 1 is 1.16 bits per heavy atom. The van der Waals surface area contributed by atoms with Gasteiger partial charge in [-0.25, -0.2) is 0 Å². The topological polar surface area (TPSA) is 80.0 Å². The lowest BCUT2D eigenvalue weighted by Gasteiger charge is -2.24. The number of benzene rings is 1. The molecule has 0 saturated carbocycles. The van der Waals surface area contributed by atoms with E-state index in [1.807, 2.05) is 19.1 Å². The van der Waals surface area contributed by atoms with Crippen molar-refractivity contribution in [1.82, 2.24) is 4.90 Å². The summed E-state index contributed by atoms with van der Waals surface area (Å²) < 4.78 is 11.3. The van der Waals surface area contributed by atoms with Crippen LogP contribution in [-0.4, -0.2) is 35.4 Å². The Morgan fingerprint density at radius 3 is 2.44 bits per heavy atom. The second-order valence-electron chi connectivity index (χ2n) is 9.31. The van der Waals surface area contributed by atoms with Crippen molar-refractivity contribution in [2.45, 2.75) is 65.3 Å². The maximum Gasteiger partial charge on any atom is 0.295 e. The summed E-state index contributed by atoms with van der Waals surface area (Å²) >= 11 is 0. The van der Waals surface area contributed by atoms with E-state index in [0.717, 1.165) is 24.8 Å². The number of hydrogen-bond acceptors (Lipinski definition) is 5. The van der Waals surface area contributed by atoms with Gasteiger partial charge in [-0.05, 0) is 48.6 Å². The molecule has 0 aliphatic carbocycles. The number of furan rings is 1. The van der Waals surface area contributed by atoms with Gasteiger partial charge in [0.1, 0.15) is 29.1 Å². The van der Waals surface area contributed by atoms with Gasteiger partial charge >= 0.3 is 0 Å². The highest BCUT2D eigenvalue weighted by molar-refractivity contribution is 6.46. The van der Waals surface area contributed by atoms with E-state index in [2.05, 4.69) is 27.7 Å². The van der Waals surface area contributed by atoms with Crippen LogP contribution in [0.15, 0.2) is 40.3 Å². The Labute approximate surface area is 189 Å². The molecule has 0 spiro atoms. The SMILES string of the molecule is CCCCCN1C(=O)C(=O)/C(=C(/O)c2cc(C(C)(C)C)ccc2OC)C1c1ccc(C)o1. The lowest BCUT2D eigenvalue weighted by molar-refractivity contribution is -0.140. The van der Waals surface area contributed by atoms with Gasteiger partial charge in [0.2, 0.25) is 0 Å². The Kier molecular flexibility index (Phi) is 6.82. The molecule has 1 aliphatic heterocycles. The normalized spacial score (nSPS) is 18.4. The minimum absolute atomic E-state index is 0.0326. The van der Waals surface area contributed by atoms with Gasteiger partial charge < -0.3 is 19.2 Å². The molecule has 1 aliphatic rings. The third kappa shape index (κ3) is 4.45. The first kappa shape index (κ1) is 23.6. The molecule has 0 radical (unpaired) electrons. The fourth-order valence-electron chi connectivity index (χ4n) is 4.04. The van der Waals surface area contributed by atoms with Crippen LogP contribution in [0.3, 0.4) is 0 Å². The van der Waals surface area contributed by atoms with Gasteiger partial charge in [-0.3, -0.25) is 9.59 Å². The van der Waals surface area contributed by atoms with Crippen LogP contribution in [0.5, 0.6) is 5.75 Å². The monoisotopic (exact) mass is 439 g/mol. The number of aliphatic hydroxyl groups is 1. The fourth-order valence-corrected chi connectivity index (χ4v) is 4.04. The number of unbranched alkanes of at least 4 members (excludes halogenated alkanes) is 2. The highest BCUT2D eigenvalue weighted by atomic mass is 16.5.